The number of hydrogen-bond donors (Lipinski definition) is 1. The van der Waals surface area contributed by atoms with Gasteiger partial charge in [0.15, 0.2) is 0 Å². The minimum Gasteiger partial charge on any atom is -0.323 e. The lowest BCUT2D eigenvalue weighted by Crippen LogP contribution is -2.43. The van der Waals surface area contributed by atoms with Crippen LogP contribution >= 0.6 is 0 Å². The number of nitrogens with zero attached hydrogens (tertiary/aromatic N) is 2. The van der Waals surface area contributed by atoms with Gasteiger partial charge in [-0.05, 0) is 65.0 Å². The van der Waals surface area contributed by atoms with Gasteiger partial charge in [-0.25, -0.2) is 0 Å². The zero-order valence-corrected chi connectivity index (χ0v) is 14.9. The second-order valence-electron chi connectivity index (χ2n) is 6.62. The van der Waals surface area contributed by atoms with E-state index in [0.29, 0.717) is 6.04 Å². The molecule has 120 valence electrons. The summed E-state index contributed by atoms with van der Waals surface area (Å²) >= 11 is 0. The summed E-state index contributed by atoms with van der Waals surface area (Å²) in [6.07, 6.45) is 0. The van der Waals surface area contributed by atoms with Gasteiger partial charge in [-0.1, -0.05) is 24.6 Å². The Morgan fingerprint density at radius 2 is 1.57 bits per heavy atom. The van der Waals surface area contributed by atoms with Crippen LogP contribution in [0.25, 0.3) is 0 Å². The summed E-state index contributed by atoms with van der Waals surface area (Å²) in [4.78, 5) is 4.71. The van der Waals surface area contributed by atoms with E-state index in [2.05, 4.69) is 70.6 Å². The van der Waals surface area contributed by atoms with Crippen LogP contribution in [-0.2, 0) is 0 Å². The maximum absolute atomic E-state index is 6.54. The number of aryl methyl sites for hydroxylation is 3. The molecule has 3 nitrogen and oxygen atoms in total. The quantitative estimate of drug-likeness (QED) is 0.838. The molecule has 1 aromatic carbocycles. The summed E-state index contributed by atoms with van der Waals surface area (Å²) in [5.41, 5.74) is 11.8. The second-order valence-corrected chi connectivity index (χ2v) is 6.62. The van der Waals surface area contributed by atoms with Gasteiger partial charge in [-0.2, -0.15) is 0 Å². The molecule has 2 N–H and O–H groups in total. The van der Waals surface area contributed by atoms with E-state index in [1.54, 1.807) is 0 Å². The van der Waals surface area contributed by atoms with Crippen LogP contribution in [0.4, 0.5) is 0 Å². The highest BCUT2D eigenvalue weighted by Gasteiger charge is 2.19. The van der Waals surface area contributed by atoms with Crippen molar-refractivity contribution in [2.45, 2.75) is 46.7 Å². The molecule has 2 unspecified atom stereocenters. The first kappa shape index (κ1) is 18.1. The Balaban J connectivity index is 2.86. The molecule has 0 amide bonds. The molecule has 0 radical (unpaired) electrons. The molecule has 1 aromatic rings. The van der Waals surface area contributed by atoms with Crippen molar-refractivity contribution in [1.29, 1.82) is 0 Å². The van der Waals surface area contributed by atoms with Crippen LogP contribution in [0.2, 0.25) is 0 Å². The molecule has 0 aliphatic carbocycles. The Morgan fingerprint density at radius 1 is 1.05 bits per heavy atom. The maximum atomic E-state index is 6.54. The molecule has 0 aliphatic heterocycles. The normalized spacial score (nSPS) is 14.8. The topological polar surface area (TPSA) is 32.5 Å². The van der Waals surface area contributed by atoms with E-state index in [9.17, 15) is 0 Å². The molecule has 0 aromatic heterocycles. The third-order valence-electron chi connectivity index (χ3n) is 4.20. The van der Waals surface area contributed by atoms with Crippen LogP contribution in [0.5, 0.6) is 0 Å². The van der Waals surface area contributed by atoms with Crippen molar-refractivity contribution in [2.24, 2.45) is 5.73 Å². The highest BCUT2D eigenvalue weighted by molar-refractivity contribution is 5.39. The Morgan fingerprint density at radius 3 is 2.00 bits per heavy atom. The average molecular weight is 291 g/mol. The number of rotatable bonds is 7. The minimum absolute atomic E-state index is 0.0789. The van der Waals surface area contributed by atoms with Gasteiger partial charge in [0.1, 0.15) is 0 Å². The molecule has 2 atom stereocenters. The molecular formula is C18H33N3. The molecule has 0 aliphatic rings. The van der Waals surface area contributed by atoms with Gasteiger partial charge in [0.25, 0.3) is 0 Å². The first-order chi connectivity index (χ1) is 9.76. The summed E-state index contributed by atoms with van der Waals surface area (Å²) in [6.45, 7) is 14.0. The van der Waals surface area contributed by atoms with Gasteiger partial charge in [0, 0.05) is 25.2 Å². The standard InChI is InChI=1S/C18H33N3/c1-8-21(16(5)11-20(6)7)12-17(19)18-14(3)9-13(2)10-15(18)4/h9-10,16-17H,8,11-12,19H2,1-7H3. The van der Waals surface area contributed by atoms with E-state index in [-0.39, 0.29) is 6.04 Å². The Bertz CT molecular complexity index is 431. The molecule has 0 heterocycles. The first-order valence-electron chi connectivity index (χ1n) is 7.98. The monoisotopic (exact) mass is 291 g/mol. The molecule has 1 rings (SSSR count). The average Bonchev–Trinajstić information content (AvgIpc) is 2.33. The van der Waals surface area contributed by atoms with Crippen molar-refractivity contribution in [1.82, 2.24) is 9.80 Å². The number of likely N-dealkylation sites (N-methyl/N-ethyl adjacent to an activating group) is 2. The molecule has 0 spiro atoms. The van der Waals surface area contributed by atoms with Crippen LogP contribution in [0, 0.1) is 20.8 Å². The van der Waals surface area contributed by atoms with Crippen molar-refractivity contribution in [2.75, 3.05) is 33.7 Å². The zero-order valence-electron chi connectivity index (χ0n) is 14.9. The molecular weight excluding hydrogens is 258 g/mol. The van der Waals surface area contributed by atoms with Crippen molar-refractivity contribution >= 4 is 0 Å². The molecule has 3 heteroatoms. The van der Waals surface area contributed by atoms with E-state index in [4.69, 9.17) is 5.73 Å². The number of benzene rings is 1. The van der Waals surface area contributed by atoms with Gasteiger partial charge in [0.2, 0.25) is 0 Å². The molecule has 0 saturated carbocycles. The zero-order chi connectivity index (χ0) is 16.2. The van der Waals surface area contributed by atoms with E-state index in [1.807, 2.05) is 0 Å². The lowest BCUT2D eigenvalue weighted by molar-refractivity contribution is 0.172. The smallest absolute Gasteiger partial charge is 0.0429 e. The Kier molecular flexibility index (Phi) is 6.85. The lowest BCUT2D eigenvalue weighted by atomic mass is 9.94. The van der Waals surface area contributed by atoms with Crippen molar-refractivity contribution in [3.05, 3.63) is 34.4 Å². The van der Waals surface area contributed by atoms with Crippen LogP contribution in [0.1, 0.15) is 42.1 Å². The number of hydrogen-bond acceptors (Lipinski definition) is 3. The molecule has 0 saturated heterocycles. The molecule has 0 fully saturated rings. The summed E-state index contributed by atoms with van der Waals surface area (Å²) in [6, 6.07) is 5.07. The summed E-state index contributed by atoms with van der Waals surface area (Å²) in [7, 11) is 4.25. The fraction of sp³-hybridized carbons (Fsp3) is 0.667. The predicted octanol–water partition coefficient (Wildman–Crippen LogP) is 2.88. The van der Waals surface area contributed by atoms with Crippen LogP contribution < -0.4 is 5.73 Å². The highest BCUT2D eigenvalue weighted by atomic mass is 15.2. The van der Waals surface area contributed by atoms with E-state index in [0.717, 1.165) is 19.6 Å². The SMILES string of the molecule is CCN(CC(N)c1c(C)cc(C)cc1C)C(C)CN(C)C. The third-order valence-corrected chi connectivity index (χ3v) is 4.20. The number of nitrogens with two attached hydrogens (primary N) is 1. The lowest BCUT2D eigenvalue weighted by Gasteiger charge is -2.33. The van der Waals surface area contributed by atoms with E-state index < -0.39 is 0 Å². The van der Waals surface area contributed by atoms with Crippen molar-refractivity contribution in [3.63, 3.8) is 0 Å². The summed E-state index contributed by atoms with van der Waals surface area (Å²) < 4.78 is 0. The largest absolute Gasteiger partial charge is 0.323 e. The Hall–Kier alpha value is -0.900. The van der Waals surface area contributed by atoms with Crippen LogP contribution in [-0.4, -0.2) is 49.6 Å². The van der Waals surface area contributed by atoms with Gasteiger partial charge in [0.05, 0.1) is 0 Å². The van der Waals surface area contributed by atoms with Gasteiger partial charge >= 0.3 is 0 Å². The maximum Gasteiger partial charge on any atom is 0.0429 e. The fourth-order valence-corrected chi connectivity index (χ4v) is 3.38. The van der Waals surface area contributed by atoms with Crippen molar-refractivity contribution in [3.8, 4) is 0 Å². The van der Waals surface area contributed by atoms with E-state index in [1.165, 1.54) is 22.3 Å². The molecule has 0 bridgehead atoms. The van der Waals surface area contributed by atoms with Crippen molar-refractivity contribution < 1.29 is 0 Å². The van der Waals surface area contributed by atoms with Crippen LogP contribution in [0.15, 0.2) is 12.1 Å². The third kappa shape index (κ3) is 5.10. The first-order valence-corrected chi connectivity index (χ1v) is 7.98. The highest BCUT2D eigenvalue weighted by Crippen LogP contribution is 2.23. The Labute approximate surface area is 131 Å². The summed E-state index contributed by atoms with van der Waals surface area (Å²) in [5.74, 6) is 0. The van der Waals surface area contributed by atoms with E-state index >= 15 is 0 Å². The van der Waals surface area contributed by atoms with Gasteiger partial charge < -0.3 is 10.6 Å². The summed E-state index contributed by atoms with van der Waals surface area (Å²) in [5, 5.41) is 0. The van der Waals surface area contributed by atoms with Gasteiger partial charge in [-0.15, -0.1) is 0 Å². The molecule has 21 heavy (non-hydrogen) atoms. The fourth-order valence-electron chi connectivity index (χ4n) is 3.38. The second kappa shape index (κ2) is 7.92. The van der Waals surface area contributed by atoms with Gasteiger partial charge in [-0.3, -0.25) is 4.90 Å². The minimum atomic E-state index is 0.0789. The van der Waals surface area contributed by atoms with Crippen LogP contribution in [0.3, 0.4) is 0 Å². The predicted molar refractivity (Wildman–Crippen MR) is 92.8 cm³/mol.